The van der Waals surface area contributed by atoms with Crippen LogP contribution in [0.1, 0.15) is 37.9 Å². The maximum absolute atomic E-state index is 12.5. The van der Waals surface area contributed by atoms with Gasteiger partial charge in [0.25, 0.3) is 11.8 Å². The zero-order chi connectivity index (χ0) is 20.4. The number of hydrogen-bond donors (Lipinski definition) is 1. The minimum Gasteiger partial charge on any atom is -0.367 e. The fourth-order valence-corrected chi connectivity index (χ4v) is 3.65. The van der Waals surface area contributed by atoms with Crippen LogP contribution in [-0.4, -0.2) is 29.9 Å². The van der Waals surface area contributed by atoms with Crippen molar-refractivity contribution in [2.45, 2.75) is 11.0 Å². The zero-order valence-corrected chi connectivity index (χ0v) is 17.1. The van der Waals surface area contributed by atoms with E-state index in [-0.39, 0.29) is 31.1 Å². The smallest absolute Gasteiger partial charge is 0.261 e. The monoisotopic (exact) mass is 423 g/mol. The molecule has 0 saturated heterocycles. The molecule has 0 spiro atoms. The molecular weight excluding hydrogens is 406 g/mol. The molecular formula is C23H18ClNO3S. The van der Waals surface area contributed by atoms with Gasteiger partial charge in [-0.05, 0) is 47.5 Å². The Bertz CT molecular complexity index is 970. The molecule has 0 aliphatic carbocycles. The number of carbonyl (C=O) groups is 2. The third kappa shape index (κ3) is 4.08. The van der Waals surface area contributed by atoms with E-state index in [0.717, 1.165) is 16.0 Å². The average Bonchev–Trinajstić information content (AvgIpc) is 2.98. The fourth-order valence-electron chi connectivity index (χ4n) is 3.38. The van der Waals surface area contributed by atoms with E-state index in [1.807, 2.05) is 48.5 Å². The molecule has 1 aliphatic heterocycles. The highest BCUT2D eigenvalue weighted by atomic mass is 35.5. The Morgan fingerprint density at radius 3 is 1.90 bits per heavy atom. The molecule has 0 bridgehead atoms. The Morgan fingerprint density at radius 2 is 1.34 bits per heavy atom. The molecule has 29 heavy (non-hydrogen) atoms. The van der Waals surface area contributed by atoms with Crippen LogP contribution in [0.25, 0.3) is 0 Å². The molecule has 146 valence electrons. The first-order valence-electron chi connectivity index (χ1n) is 9.16. The number of benzene rings is 3. The Hall–Kier alpha value is -2.60. The van der Waals surface area contributed by atoms with Crippen molar-refractivity contribution in [2.24, 2.45) is 0 Å². The van der Waals surface area contributed by atoms with Crippen molar-refractivity contribution in [3.63, 3.8) is 0 Å². The average molecular weight is 424 g/mol. The van der Waals surface area contributed by atoms with Crippen LogP contribution in [0, 0.1) is 0 Å². The molecule has 1 unspecified atom stereocenters. The predicted molar refractivity (Wildman–Crippen MR) is 115 cm³/mol. The molecule has 0 fully saturated rings. The standard InChI is InChI=1S/C23H18ClNO3S/c24-17-9-5-15(6-10-17)21(16-7-11-18(29)12-8-16)28-14-13-25-22(26)19-3-1-2-4-20(19)23(25)27/h1-12,21,29H,13-14H2. The molecule has 3 aromatic rings. The van der Waals surface area contributed by atoms with E-state index >= 15 is 0 Å². The molecule has 1 atom stereocenters. The minimum absolute atomic E-state index is 0.182. The van der Waals surface area contributed by atoms with Crippen molar-refractivity contribution < 1.29 is 14.3 Å². The van der Waals surface area contributed by atoms with Gasteiger partial charge in [-0.2, -0.15) is 0 Å². The summed E-state index contributed by atoms with van der Waals surface area (Å²) < 4.78 is 6.14. The van der Waals surface area contributed by atoms with Crippen LogP contribution in [-0.2, 0) is 4.74 Å². The lowest BCUT2D eigenvalue weighted by Crippen LogP contribution is -2.33. The van der Waals surface area contributed by atoms with Crippen molar-refractivity contribution in [1.29, 1.82) is 0 Å². The number of thiol groups is 1. The number of hydrogen-bond acceptors (Lipinski definition) is 4. The maximum atomic E-state index is 12.5. The lowest BCUT2D eigenvalue weighted by molar-refractivity contribution is 0.0453. The van der Waals surface area contributed by atoms with Crippen molar-refractivity contribution in [2.75, 3.05) is 13.2 Å². The summed E-state index contributed by atoms with van der Waals surface area (Å²) in [6, 6.07) is 22.0. The van der Waals surface area contributed by atoms with Gasteiger partial charge in [0.05, 0.1) is 24.3 Å². The number of amides is 2. The first-order chi connectivity index (χ1) is 14.0. The SMILES string of the molecule is O=C1c2ccccc2C(=O)N1CCOC(c1ccc(S)cc1)c1ccc(Cl)cc1. The van der Waals surface area contributed by atoms with Gasteiger partial charge in [0.2, 0.25) is 0 Å². The number of rotatable bonds is 6. The molecule has 0 radical (unpaired) electrons. The summed E-state index contributed by atoms with van der Waals surface area (Å²) in [5.74, 6) is -0.562. The van der Waals surface area contributed by atoms with Crippen molar-refractivity contribution in [3.05, 3.63) is 100 Å². The summed E-state index contributed by atoms with van der Waals surface area (Å²) in [5.41, 5.74) is 2.77. The molecule has 6 heteroatoms. The fraction of sp³-hybridized carbons (Fsp3) is 0.130. The molecule has 4 nitrogen and oxygen atoms in total. The van der Waals surface area contributed by atoms with Crippen LogP contribution in [0.5, 0.6) is 0 Å². The van der Waals surface area contributed by atoms with E-state index in [0.29, 0.717) is 16.1 Å². The van der Waals surface area contributed by atoms with Gasteiger partial charge < -0.3 is 4.74 Å². The van der Waals surface area contributed by atoms with E-state index in [2.05, 4.69) is 12.6 Å². The third-order valence-electron chi connectivity index (χ3n) is 4.85. The zero-order valence-electron chi connectivity index (χ0n) is 15.4. The molecule has 2 amide bonds. The van der Waals surface area contributed by atoms with Gasteiger partial charge in [0.1, 0.15) is 6.10 Å². The second-order valence-electron chi connectivity index (χ2n) is 6.70. The molecule has 0 N–H and O–H groups in total. The Labute approximate surface area is 179 Å². The highest BCUT2D eigenvalue weighted by molar-refractivity contribution is 7.80. The molecule has 1 heterocycles. The highest BCUT2D eigenvalue weighted by Gasteiger charge is 2.34. The number of carbonyl (C=O) groups excluding carboxylic acids is 2. The minimum atomic E-state index is -0.351. The number of nitrogens with zero attached hydrogens (tertiary/aromatic N) is 1. The van der Waals surface area contributed by atoms with E-state index in [4.69, 9.17) is 16.3 Å². The molecule has 4 rings (SSSR count). The third-order valence-corrected chi connectivity index (χ3v) is 5.40. The highest BCUT2D eigenvalue weighted by Crippen LogP contribution is 2.28. The summed E-state index contributed by atoms with van der Waals surface area (Å²) in [4.78, 5) is 27.1. The van der Waals surface area contributed by atoms with Gasteiger partial charge in [-0.3, -0.25) is 14.5 Å². The van der Waals surface area contributed by atoms with Gasteiger partial charge in [0, 0.05) is 9.92 Å². The van der Waals surface area contributed by atoms with E-state index in [1.165, 1.54) is 4.90 Å². The first kappa shape index (κ1) is 19.7. The Morgan fingerprint density at radius 1 is 0.828 bits per heavy atom. The van der Waals surface area contributed by atoms with Gasteiger partial charge >= 0.3 is 0 Å². The Kier molecular flexibility index (Phi) is 5.72. The second-order valence-corrected chi connectivity index (χ2v) is 7.65. The summed E-state index contributed by atoms with van der Waals surface area (Å²) in [6.07, 6.45) is -0.351. The lowest BCUT2D eigenvalue weighted by atomic mass is 10.0. The summed E-state index contributed by atoms with van der Waals surface area (Å²) in [7, 11) is 0. The first-order valence-corrected chi connectivity index (χ1v) is 9.98. The summed E-state index contributed by atoms with van der Waals surface area (Å²) in [6.45, 7) is 0.391. The van der Waals surface area contributed by atoms with Gasteiger partial charge in [-0.15, -0.1) is 12.6 Å². The molecule has 3 aromatic carbocycles. The van der Waals surface area contributed by atoms with Crippen LogP contribution in [0.3, 0.4) is 0 Å². The van der Waals surface area contributed by atoms with Crippen LogP contribution in [0.4, 0.5) is 0 Å². The summed E-state index contributed by atoms with van der Waals surface area (Å²) in [5, 5.41) is 0.643. The van der Waals surface area contributed by atoms with Crippen LogP contribution in [0.2, 0.25) is 5.02 Å². The van der Waals surface area contributed by atoms with E-state index in [1.54, 1.807) is 24.3 Å². The lowest BCUT2D eigenvalue weighted by Gasteiger charge is -2.21. The van der Waals surface area contributed by atoms with Crippen molar-refractivity contribution in [1.82, 2.24) is 4.90 Å². The topological polar surface area (TPSA) is 46.6 Å². The van der Waals surface area contributed by atoms with Gasteiger partial charge in [0.15, 0.2) is 0 Å². The van der Waals surface area contributed by atoms with E-state index < -0.39 is 0 Å². The molecule has 0 saturated carbocycles. The van der Waals surface area contributed by atoms with Crippen LogP contribution >= 0.6 is 24.2 Å². The molecule has 1 aliphatic rings. The van der Waals surface area contributed by atoms with Crippen LogP contribution < -0.4 is 0 Å². The summed E-state index contributed by atoms with van der Waals surface area (Å²) >= 11 is 10.4. The van der Waals surface area contributed by atoms with Gasteiger partial charge in [-0.1, -0.05) is 48.0 Å². The maximum Gasteiger partial charge on any atom is 0.261 e. The number of fused-ring (bicyclic) bond motifs is 1. The van der Waals surface area contributed by atoms with Gasteiger partial charge in [-0.25, -0.2) is 0 Å². The quantitative estimate of drug-likeness (QED) is 0.446. The number of imide groups is 1. The van der Waals surface area contributed by atoms with E-state index in [9.17, 15) is 9.59 Å². The van der Waals surface area contributed by atoms with Crippen molar-refractivity contribution in [3.8, 4) is 0 Å². The second kappa shape index (κ2) is 8.41. The number of halogens is 1. The van der Waals surface area contributed by atoms with Crippen LogP contribution in [0.15, 0.2) is 77.7 Å². The van der Waals surface area contributed by atoms with Crippen molar-refractivity contribution >= 4 is 36.0 Å². The Balaban J connectivity index is 1.50. The number of ether oxygens (including phenoxy) is 1. The molecule has 0 aromatic heterocycles. The normalized spacial score (nSPS) is 14.2. The predicted octanol–water partition coefficient (Wildman–Crippen LogP) is 5.03. The largest absolute Gasteiger partial charge is 0.367 e.